The predicted octanol–water partition coefficient (Wildman–Crippen LogP) is 3.93. The molecule has 1 aromatic rings. The van der Waals surface area contributed by atoms with Gasteiger partial charge in [0.05, 0.1) is 6.42 Å². The van der Waals surface area contributed by atoms with E-state index in [9.17, 15) is 4.79 Å². The molecule has 0 radical (unpaired) electrons. The summed E-state index contributed by atoms with van der Waals surface area (Å²) in [7, 11) is 0. The molecule has 0 spiro atoms. The van der Waals surface area contributed by atoms with E-state index in [0.29, 0.717) is 6.42 Å². The highest BCUT2D eigenvalue weighted by Gasteiger charge is 2.57. The molecule has 4 atom stereocenters. The summed E-state index contributed by atoms with van der Waals surface area (Å²) in [6.07, 6.45) is 0.141. The molecule has 0 amide bonds. The molecule has 5 nitrogen and oxygen atoms in total. The summed E-state index contributed by atoms with van der Waals surface area (Å²) in [6, 6.07) is 10.5. The maximum absolute atomic E-state index is 12.6. The molecule has 0 bridgehead atoms. The van der Waals surface area contributed by atoms with Crippen molar-refractivity contribution in [1.82, 2.24) is 4.90 Å². The first-order chi connectivity index (χ1) is 12.6. The van der Waals surface area contributed by atoms with Gasteiger partial charge in [0.1, 0.15) is 17.8 Å². The molecular formula is C21H30INO4. The zero-order chi connectivity index (χ0) is 19.8. The Balaban J connectivity index is 1.84. The van der Waals surface area contributed by atoms with E-state index in [0.717, 1.165) is 11.0 Å². The highest BCUT2D eigenvalue weighted by Crippen LogP contribution is 2.42. The van der Waals surface area contributed by atoms with Gasteiger partial charge in [0.15, 0.2) is 5.79 Å². The zero-order valence-corrected chi connectivity index (χ0v) is 18.9. The Morgan fingerprint density at radius 2 is 1.74 bits per heavy atom. The third-order valence-corrected chi connectivity index (χ3v) is 5.84. The quantitative estimate of drug-likeness (QED) is 0.358. The van der Waals surface area contributed by atoms with Gasteiger partial charge in [0, 0.05) is 23.1 Å². The average molecular weight is 487 g/mol. The Labute approximate surface area is 175 Å². The molecule has 0 saturated carbocycles. The van der Waals surface area contributed by atoms with Gasteiger partial charge < -0.3 is 14.2 Å². The Kier molecular flexibility index (Phi) is 6.20. The van der Waals surface area contributed by atoms with Gasteiger partial charge >= 0.3 is 5.97 Å². The lowest BCUT2D eigenvalue weighted by Crippen LogP contribution is -2.44. The number of likely N-dealkylation sites (tertiary alicyclic amines) is 1. The van der Waals surface area contributed by atoms with Crippen molar-refractivity contribution in [2.24, 2.45) is 0 Å². The number of fused-ring (bicyclic) bond motifs is 1. The number of alkyl halides is 1. The lowest BCUT2D eigenvalue weighted by Gasteiger charge is -2.33. The summed E-state index contributed by atoms with van der Waals surface area (Å²) in [5.41, 5.74) is 0.731. The zero-order valence-electron chi connectivity index (χ0n) is 16.8. The number of esters is 1. The second-order valence-corrected chi connectivity index (χ2v) is 9.68. The number of rotatable bonds is 5. The van der Waals surface area contributed by atoms with Gasteiger partial charge in [-0.05, 0) is 40.2 Å². The minimum Gasteiger partial charge on any atom is -0.460 e. The first kappa shape index (κ1) is 21.0. The van der Waals surface area contributed by atoms with Crippen LogP contribution in [0, 0.1) is 0 Å². The lowest BCUT2D eigenvalue weighted by atomic mass is 10.1. The SMILES string of the molecule is CC(C)(C)OC(=O)C[C@H]1[C@@H]2OC(C)(C)O[C@@H]2[C@H](CI)N1Cc1ccccc1. The van der Waals surface area contributed by atoms with E-state index >= 15 is 0 Å². The van der Waals surface area contributed by atoms with E-state index in [-0.39, 0.29) is 30.3 Å². The lowest BCUT2D eigenvalue weighted by molar-refractivity contribution is -0.173. The van der Waals surface area contributed by atoms with Crippen LogP contribution < -0.4 is 0 Å². The molecule has 0 aromatic heterocycles. The molecule has 150 valence electrons. The summed E-state index contributed by atoms with van der Waals surface area (Å²) in [5.74, 6) is -0.809. The molecule has 2 heterocycles. The number of hydrogen-bond donors (Lipinski definition) is 0. The Morgan fingerprint density at radius 3 is 2.30 bits per heavy atom. The number of carbonyl (C=O) groups excluding carboxylic acids is 1. The summed E-state index contributed by atoms with van der Waals surface area (Å²) in [5, 5.41) is 0. The van der Waals surface area contributed by atoms with Crippen LogP contribution in [0.15, 0.2) is 30.3 Å². The molecule has 1 aromatic carbocycles. The van der Waals surface area contributed by atoms with E-state index in [4.69, 9.17) is 14.2 Å². The predicted molar refractivity (Wildman–Crippen MR) is 113 cm³/mol. The minimum absolute atomic E-state index is 0.0342. The molecule has 0 N–H and O–H groups in total. The fourth-order valence-corrected chi connectivity index (χ4v) is 5.04. The van der Waals surface area contributed by atoms with Crippen molar-refractivity contribution in [2.75, 3.05) is 4.43 Å². The molecule has 27 heavy (non-hydrogen) atoms. The number of nitrogens with zero attached hydrogens (tertiary/aromatic N) is 1. The van der Waals surface area contributed by atoms with Gasteiger partial charge in [0.25, 0.3) is 0 Å². The van der Waals surface area contributed by atoms with Crippen molar-refractivity contribution >= 4 is 28.6 Å². The standard InChI is InChI=1S/C21H30INO4/c1-20(2,3)25-17(24)11-15-18-19(27-21(4,5)26-18)16(12-22)23(15)13-14-9-7-6-8-10-14/h6-10,15-16,18-19H,11-13H2,1-5H3/t15-,16-,18-,19+/m0/s1. The Hall–Kier alpha value is -0.700. The highest BCUT2D eigenvalue weighted by atomic mass is 127. The second-order valence-electron chi connectivity index (χ2n) is 8.80. The van der Waals surface area contributed by atoms with E-state index in [2.05, 4.69) is 39.6 Å². The topological polar surface area (TPSA) is 48.0 Å². The van der Waals surface area contributed by atoms with Crippen molar-refractivity contribution in [2.45, 2.75) is 83.3 Å². The third kappa shape index (κ3) is 5.02. The van der Waals surface area contributed by atoms with Crippen molar-refractivity contribution in [3.05, 3.63) is 35.9 Å². The largest absolute Gasteiger partial charge is 0.460 e. The Morgan fingerprint density at radius 1 is 1.15 bits per heavy atom. The van der Waals surface area contributed by atoms with E-state index < -0.39 is 11.4 Å². The van der Waals surface area contributed by atoms with Crippen LogP contribution in [-0.4, -0.2) is 51.0 Å². The van der Waals surface area contributed by atoms with Crippen LogP contribution in [0.1, 0.15) is 46.6 Å². The number of benzene rings is 1. The van der Waals surface area contributed by atoms with Crippen molar-refractivity contribution in [3.63, 3.8) is 0 Å². The smallest absolute Gasteiger partial charge is 0.308 e. The van der Waals surface area contributed by atoms with Crippen LogP contribution in [0.5, 0.6) is 0 Å². The van der Waals surface area contributed by atoms with Crippen LogP contribution in [-0.2, 0) is 25.5 Å². The van der Waals surface area contributed by atoms with Gasteiger partial charge in [-0.2, -0.15) is 0 Å². The second kappa shape index (κ2) is 7.97. The maximum atomic E-state index is 12.6. The summed E-state index contributed by atoms with van der Waals surface area (Å²) >= 11 is 2.41. The van der Waals surface area contributed by atoms with Crippen molar-refractivity contribution in [1.29, 1.82) is 0 Å². The van der Waals surface area contributed by atoms with E-state index in [1.54, 1.807) is 0 Å². The first-order valence-electron chi connectivity index (χ1n) is 9.53. The number of halogens is 1. The molecule has 0 unspecified atom stereocenters. The van der Waals surface area contributed by atoms with Crippen molar-refractivity contribution < 1.29 is 19.0 Å². The molecular weight excluding hydrogens is 457 g/mol. The normalized spacial score (nSPS) is 30.3. The van der Waals surface area contributed by atoms with Gasteiger partial charge in [-0.3, -0.25) is 9.69 Å². The number of hydrogen-bond acceptors (Lipinski definition) is 5. The monoisotopic (exact) mass is 487 g/mol. The van der Waals surface area contributed by atoms with Crippen LogP contribution in [0.2, 0.25) is 0 Å². The molecule has 2 aliphatic heterocycles. The van der Waals surface area contributed by atoms with Crippen LogP contribution in [0.3, 0.4) is 0 Å². The fourth-order valence-electron chi connectivity index (χ4n) is 4.03. The van der Waals surface area contributed by atoms with Crippen molar-refractivity contribution in [3.8, 4) is 0 Å². The molecule has 6 heteroatoms. The van der Waals surface area contributed by atoms with Crippen LogP contribution in [0.4, 0.5) is 0 Å². The minimum atomic E-state index is -0.621. The highest BCUT2D eigenvalue weighted by molar-refractivity contribution is 14.1. The maximum Gasteiger partial charge on any atom is 0.308 e. The van der Waals surface area contributed by atoms with Crippen LogP contribution in [0.25, 0.3) is 0 Å². The summed E-state index contributed by atoms with van der Waals surface area (Å²) in [4.78, 5) is 15.0. The van der Waals surface area contributed by atoms with Gasteiger partial charge in [0.2, 0.25) is 0 Å². The number of carbonyl (C=O) groups is 1. The molecule has 2 aliphatic rings. The van der Waals surface area contributed by atoms with Crippen LogP contribution >= 0.6 is 22.6 Å². The van der Waals surface area contributed by atoms with E-state index in [1.807, 2.05) is 52.8 Å². The van der Waals surface area contributed by atoms with Gasteiger partial charge in [-0.25, -0.2) is 0 Å². The average Bonchev–Trinajstić information content (AvgIpc) is 2.98. The van der Waals surface area contributed by atoms with E-state index in [1.165, 1.54) is 5.56 Å². The molecule has 0 aliphatic carbocycles. The molecule has 3 rings (SSSR count). The summed E-state index contributed by atoms with van der Waals surface area (Å²) in [6.45, 7) is 10.4. The first-order valence-corrected chi connectivity index (χ1v) is 11.1. The molecule has 2 fully saturated rings. The van der Waals surface area contributed by atoms with Gasteiger partial charge in [-0.15, -0.1) is 0 Å². The Bertz CT molecular complexity index is 658. The fraction of sp³-hybridized carbons (Fsp3) is 0.667. The summed E-state index contributed by atoms with van der Waals surface area (Å²) < 4.78 is 19.0. The number of ether oxygens (including phenoxy) is 3. The van der Waals surface area contributed by atoms with Gasteiger partial charge in [-0.1, -0.05) is 52.9 Å². The third-order valence-electron chi connectivity index (χ3n) is 4.94. The molecule has 2 saturated heterocycles.